The summed E-state index contributed by atoms with van der Waals surface area (Å²) < 4.78 is 0. The molecular formula is C10H16O6. The van der Waals surface area contributed by atoms with E-state index in [0.29, 0.717) is 12.8 Å². The van der Waals surface area contributed by atoms with E-state index in [-0.39, 0.29) is 12.8 Å². The zero-order valence-electron chi connectivity index (χ0n) is 9.05. The zero-order valence-corrected chi connectivity index (χ0v) is 9.05. The lowest BCUT2D eigenvalue weighted by molar-refractivity contribution is -0.154. The summed E-state index contributed by atoms with van der Waals surface area (Å²) in [6.07, 6.45) is 1.02. The number of aliphatic carboxylic acids is 3. The first-order chi connectivity index (χ1) is 7.40. The van der Waals surface area contributed by atoms with Gasteiger partial charge in [-0.25, -0.2) is 0 Å². The molecule has 0 saturated heterocycles. The van der Waals surface area contributed by atoms with Gasteiger partial charge in [-0.2, -0.15) is 0 Å². The quantitative estimate of drug-likeness (QED) is 0.539. The van der Waals surface area contributed by atoms with Crippen LogP contribution >= 0.6 is 0 Å². The number of carbonyl (C=O) groups is 3. The molecule has 0 aromatic carbocycles. The maximum absolute atomic E-state index is 10.6. The van der Waals surface area contributed by atoms with Crippen molar-refractivity contribution in [3.05, 3.63) is 0 Å². The van der Waals surface area contributed by atoms with Crippen molar-refractivity contribution in [2.24, 2.45) is 11.8 Å². The van der Waals surface area contributed by atoms with E-state index < -0.39 is 29.7 Å². The highest BCUT2D eigenvalue weighted by molar-refractivity contribution is 5.92. The van der Waals surface area contributed by atoms with E-state index >= 15 is 0 Å². The molecule has 6 heteroatoms. The van der Waals surface area contributed by atoms with Crippen molar-refractivity contribution in [2.75, 3.05) is 0 Å². The van der Waals surface area contributed by atoms with E-state index in [1.54, 1.807) is 6.92 Å². The van der Waals surface area contributed by atoms with E-state index in [4.69, 9.17) is 15.3 Å². The zero-order chi connectivity index (χ0) is 12.7. The summed E-state index contributed by atoms with van der Waals surface area (Å²) >= 11 is 0. The monoisotopic (exact) mass is 232 g/mol. The lowest BCUT2D eigenvalue weighted by Gasteiger charge is -2.10. The van der Waals surface area contributed by atoms with Gasteiger partial charge < -0.3 is 15.3 Å². The predicted octanol–water partition coefficient (Wildman–Crippen LogP) is 1.05. The largest absolute Gasteiger partial charge is 0.481 e. The summed E-state index contributed by atoms with van der Waals surface area (Å²) in [5.74, 6) is -5.65. The number of carboxylic acid groups (broad SMARTS) is 3. The molecule has 0 fully saturated rings. The number of hydrogen-bond donors (Lipinski definition) is 3. The van der Waals surface area contributed by atoms with Crippen molar-refractivity contribution in [1.82, 2.24) is 0 Å². The van der Waals surface area contributed by atoms with Gasteiger partial charge in [0.05, 0.1) is 5.92 Å². The molecule has 0 aliphatic rings. The van der Waals surface area contributed by atoms with Crippen LogP contribution in [0.5, 0.6) is 0 Å². The Balaban J connectivity index is 4.08. The van der Waals surface area contributed by atoms with Crippen molar-refractivity contribution in [3.8, 4) is 0 Å². The molecule has 0 spiro atoms. The van der Waals surface area contributed by atoms with Crippen LogP contribution in [0.3, 0.4) is 0 Å². The van der Waals surface area contributed by atoms with Crippen LogP contribution < -0.4 is 0 Å². The van der Waals surface area contributed by atoms with E-state index in [2.05, 4.69) is 0 Å². The summed E-state index contributed by atoms with van der Waals surface area (Å²) in [6.45, 7) is 1.73. The topological polar surface area (TPSA) is 112 Å². The minimum Gasteiger partial charge on any atom is -0.481 e. The number of rotatable bonds is 8. The molecule has 0 amide bonds. The molecule has 92 valence electrons. The molecule has 0 rings (SSSR count). The fraction of sp³-hybridized carbons (Fsp3) is 0.700. The van der Waals surface area contributed by atoms with Crippen molar-refractivity contribution in [3.63, 3.8) is 0 Å². The number of hydrogen-bond acceptors (Lipinski definition) is 3. The molecule has 0 aromatic heterocycles. The normalized spacial score (nSPS) is 12.4. The summed E-state index contributed by atoms with van der Waals surface area (Å²) in [7, 11) is 0. The van der Waals surface area contributed by atoms with Gasteiger partial charge in [-0.05, 0) is 19.3 Å². The van der Waals surface area contributed by atoms with E-state index in [1.807, 2.05) is 0 Å². The molecule has 0 heterocycles. The van der Waals surface area contributed by atoms with Gasteiger partial charge in [0.15, 0.2) is 5.92 Å². The minimum atomic E-state index is -1.44. The van der Waals surface area contributed by atoms with Crippen LogP contribution in [0.25, 0.3) is 0 Å². The van der Waals surface area contributed by atoms with Crippen molar-refractivity contribution < 1.29 is 29.7 Å². The van der Waals surface area contributed by atoms with Crippen LogP contribution in [-0.2, 0) is 14.4 Å². The minimum absolute atomic E-state index is 0.0333. The van der Waals surface area contributed by atoms with Crippen LogP contribution in [0.2, 0.25) is 0 Å². The Labute approximate surface area is 92.9 Å². The van der Waals surface area contributed by atoms with Crippen LogP contribution in [0.4, 0.5) is 0 Å². The molecule has 0 aliphatic carbocycles. The van der Waals surface area contributed by atoms with Gasteiger partial charge in [0.2, 0.25) is 0 Å². The first-order valence-electron chi connectivity index (χ1n) is 5.08. The second-order valence-corrected chi connectivity index (χ2v) is 3.60. The Morgan fingerprint density at radius 3 is 1.75 bits per heavy atom. The lowest BCUT2D eigenvalue weighted by Crippen LogP contribution is -2.23. The molecule has 0 saturated carbocycles. The second-order valence-electron chi connectivity index (χ2n) is 3.60. The van der Waals surface area contributed by atoms with Crippen molar-refractivity contribution in [1.29, 1.82) is 0 Å². The van der Waals surface area contributed by atoms with Gasteiger partial charge in [0, 0.05) is 0 Å². The SMILES string of the molecule is CCC(CCCC(C(=O)O)C(=O)O)C(=O)O. The Bertz CT molecular complexity index is 258. The Morgan fingerprint density at radius 2 is 1.44 bits per heavy atom. The molecule has 0 aromatic rings. The second kappa shape index (κ2) is 6.81. The third-order valence-corrected chi connectivity index (χ3v) is 2.48. The molecule has 6 nitrogen and oxygen atoms in total. The average molecular weight is 232 g/mol. The molecule has 16 heavy (non-hydrogen) atoms. The molecule has 0 radical (unpaired) electrons. The third-order valence-electron chi connectivity index (χ3n) is 2.48. The molecule has 0 aliphatic heterocycles. The fourth-order valence-corrected chi connectivity index (χ4v) is 1.42. The van der Waals surface area contributed by atoms with Gasteiger partial charge in [0.25, 0.3) is 0 Å². The van der Waals surface area contributed by atoms with Crippen molar-refractivity contribution in [2.45, 2.75) is 32.6 Å². The molecule has 1 atom stereocenters. The summed E-state index contributed by atoms with van der Waals surface area (Å²) in [4.78, 5) is 31.7. The Morgan fingerprint density at radius 1 is 0.938 bits per heavy atom. The molecular weight excluding hydrogens is 216 g/mol. The lowest BCUT2D eigenvalue weighted by atomic mass is 9.95. The first kappa shape index (κ1) is 14.4. The Hall–Kier alpha value is -1.59. The predicted molar refractivity (Wildman–Crippen MR) is 54.0 cm³/mol. The van der Waals surface area contributed by atoms with Gasteiger partial charge in [-0.1, -0.05) is 13.3 Å². The van der Waals surface area contributed by atoms with E-state index in [0.717, 1.165) is 0 Å². The van der Waals surface area contributed by atoms with Crippen LogP contribution in [0.15, 0.2) is 0 Å². The standard InChI is InChI=1S/C10H16O6/c1-2-6(8(11)12)4-3-5-7(9(13)14)10(15)16/h6-7H,2-5H2,1H3,(H,11,12)(H,13,14)(H,15,16). The van der Waals surface area contributed by atoms with E-state index in [9.17, 15) is 14.4 Å². The average Bonchev–Trinajstić information content (AvgIpc) is 2.15. The van der Waals surface area contributed by atoms with Crippen molar-refractivity contribution >= 4 is 17.9 Å². The third kappa shape index (κ3) is 4.77. The maximum Gasteiger partial charge on any atom is 0.317 e. The van der Waals surface area contributed by atoms with Gasteiger partial charge in [-0.3, -0.25) is 14.4 Å². The van der Waals surface area contributed by atoms with Crippen LogP contribution in [0, 0.1) is 11.8 Å². The highest BCUT2D eigenvalue weighted by atomic mass is 16.4. The van der Waals surface area contributed by atoms with E-state index in [1.165, 1.54) is 0 Å². The van der Waals surface area contributed by atoms with Crippen LogP contribution in [-0.4, -0.2) is 33.2 Å². The highest BCUT2D eigenvalue weighted by Crippen LogP contribution is 2.16. The summed E-state index contributed by atoms with van der Waals surface area (Å²) in [6, 6.07) is 0. The van der Waals surface area contributed by atoms with Gasteiger partial charge in [-0.15, -0.1) is 0 Å². The molecule has 0 bridgehead atoms. The first-order valence-corrected chi connectivity index (χ1v) is 5.08. The Kier molecular flexibility index (Phi) is 6.14. The highest BCUT2D eigenvalue weighted by Gasteiger charge is 2.26. The maximum atomic E-state index is 10.6. The smallest absolute Gasteiger partial charge is 0.317 e. The van der Waals surface area contributed by atoms with Gasteiger partial charge in [0.1, 0.15) is 0 Å². The summed E-state index contributed by atoms with van der Waals surface area (Å²) in [5, 5.41) is 25.9. The summed E-state index contributed by atoms with van der Waals surface area (Å²) in [5.41, 5.74) is 0. The molecule has 1 unspecified atom stereocenters. The van der Waals surface area contributed by atoms with Gasteiger partial charge >= 0.3 is 17.9 Å². The molecule has 3 N–H and O–H groups in total. The number of carboxylic acids is 3. The van der Waals surface area contributed by atoms with Crippen LogP contribution in [0.1, 0.15) is 32.6 Å². The fourth-order valence-electron chi connectivity index (χ4n) is 1.42.